The Hall–Kier alpha value is -3.82. The average molecular weight is 566 g/mol. The van der Waals surface area contributed by atoms with Crippen molar-refractivity contribution in [3.05, 3.63) is 70.6 Å². The van der Waals surface area contributed by atoms with E-state index >= 15 is 0 Å². The molecule has 1 aliphatic rings. The first-order valence-corrected chi connectivity index (χ1v) is 13.3. The third-order valence-corrected chi connectivity index (χ3v) is 6.98. The van der Waals surface area contributed by atoms with E-state index in [1.165, 1.54) is 6.33 Å². The van der Waals surface area contributed by atoms with E-state index in [9.17, 15) is 4.79 Å². The molecule has 5 rings (SSSR count). The molecule has 11 heteroatoms. The number of amides is 2. The van der Waals surface area contributed by atoms with Crippen molar-refractivity contribution >= 4 is 63.1 Å². The predicted molar refractivity (Wildman–Crippen MR) is 157 cm³/mol. The minimum absolute atomic E-state index is 0.0231. The molecule has 0 unspecified atom stereocenters. The molecule has 0 aliphatic carbocycles. The molecule has 0 atom stereocenters. The summed E-state index contributed by atoms with van der Waals surface area (Å²) >= 11 is 12.1. The van der Waals surface area contributed by atoms with E-state index < -0.39 is 0 Å². The van der Waals surface area contributed by atoms with Crippen molar-refractivity contribution in [1.82, 2.24) is 19.9 Å². The SMILES string of the molecule is Cc1cc(Nc2ncnc3cnc(N(C)C)cc23)ccc1OC1CCN(C(=O)Nc2cc(Cl)cc(Cl)c2)CC1. The predicted octanol–water partition coefficient (Wildman–Crippen LogP) is 6.52. The van der Waals surface area contributed by atoms with Crippen LogP contribution >= 0.6 is 23.2 Å². The first-order chi connectivity index (χ1) is 18.7. The highest BCUT2D eigenvalue weighted by molar-refractivity contribution is 6.35. The lowest BCUT2D eigenvalue weighted by Gasteiger charge is -2.32. The van der Waals surface area contributed by atoms with Gasteiger partial charge in [0.2, 0.25) is 0 Å². The van der Waals surface area contributed by atoms with Crippen LogP contribution in [0.3, 0.4) is 0 Å². The van der Waals surface area contributed by atoms with Crippen molar-refractivity contribution in [1.29, 1.82) is 0 Å². The molecule has 2 N–H and O–H groups in total. The Morgan fingerprint density at radius 1 is 1.00 bits per heavy atom. The summed E-state index contributed by atoms with van der Waals surface area (Å²) < 4.78 is 6.32. The zero-order valence-electron chi connectivity index (χ0n) is 21.9. The number of benzene rings is 2. The summed E-state index contributed by atoms with van der Waals surface area (Å²) in [6.07, 6.45) is 4.77. The quantitative estimate of drug-likeness (QED) is 0.274. The number of nitrogens with zero attached hydrogens (tertiary/aromatic N) is 5. The summed E-state index contributed by atoms with van der Waals surface area (Å²) in [4.78, 5) is 29.6. The van der Waals surface area contributed by atoms with Crippen LogP contribution in [0.5, 0.6) is 5.75 Å². The van der Waals surface area contributed by atoms with Crippen LogP contribution in [0.15, 0.2) is 55.0 Å². The highest BCUT2D eigenvalue weighted by Gasteiger charge is 2.24. The summed E-state index contributed by atoms with van der Waals surface area (Å²) in [6.45, 7) is 3.20. The van der Waals surface area contributed by atoms with Crippen LogP contribution in [0.1, 0.15) is 18.4 Å². The van der Waals surface area contributed by atoms with Gasteiger partial charge in [-0.3, -0.25) is 0 Å². The third-order valence-electron chi connectivity index (χ3n) is 6.54. The van der Waals surface area contributed by atoms with Crippen molar-refractivity contribution in [3.8, 4) is 5.75 Å². The molecule has 4 aromatic rings. The lowest BCUT2D eigenvalue weighted by molar-refractivity contribution is 0.115. The first kappa shape index (κ1) is 26.8. The van der Waals surface area contributed by atoms with Crippen LogP contribution in [0.2, 0.25) is 10.0 Å². The number of halogens is 2. The van der Waals surface area contributed by atoms with Crippen molar-refractivity contribution in [2.75, 3.05) is 42.7 Å². The maximum absolute atomic E-state index is 12.7. The second-order valence-electron chi connectivity index (χ2n) is 9.67. The topological polar surface area (TPSA) is 95.5 Å². The number of carbonyl (C=O) groups excluding carboxylic acids is 1. The highest BCUT2D eigenvalue weighted by atomic mass is 35.5. The van der Waals surface area contributed by atoms with Crippen LogP contribution in [0, 0.1) is 6.92 Å². The second kappa shape index (κ2) is 11.5. The Morgan fingerprint density at radius 3 is 2.44 bits per heavy atom. The van der Waals surface area contributed by atoms with Gasteiger partial charge in [-0.2, -0.15) is 0 Å². The summed E-state index contributed by atoms with van der Waals surface area (Å²) in [7, 11) is 3.90. The number of aryl methyl sites for hydroxylation is 1. The van der Waals surface area contributed by atoms with Gasteiger partial charge >= 0.3 is 6.03 Å². The molecule has 3 heterocycles. The monoisotopic (exact) mass is 565 g/mol. The number of anilines is 4. The van der Waals surface area contributed by atoms with Gasteiger partial charge < -0.3 is 25.2 Å². The summed E-state index contributed by atoms with van der Waals surface area (Å²) in [5, 5.41) is 8.12. The van der Waals surface area contributed by atoms with Gasteiger partial charge in [-0.1, -0.05) is 23.2 Å². The maximum atomic E-state index is 12.7. The number of carbonyl (C=O) groups is 1. The van der Waals surface area contributed by atoms with Crippen molar-refractivity contribution < 1.29 is 9.53 Å². The van der Waals surface area contributed by atoms with Crippen molar-refractivity contribution in [2.24, 2.45) is 0 Å². The molecule has 9 nitrogen and oxygen atoms in total. The largest absolute Gasteiger partial charge is 0.490 e. The fraction of sp³-hybridized carbons (Fsp3) is 0.286. The number of hydrogen-bond donors (Lipinski definition) is 2. The van der Waals surface area contributed by atoms with Crippen LogP contribution in [-0.2, 0) is 0 Å². The van der Waals surface area contributed by atoms with Crippen LogP contribution < -0.4 is 20.3 Å². The number of piperidine rings is 1. The van der Waals surface area contributed by atoms with Crippen LogP contribution in [0.25, 0.3) is 10.9 Å². The van der Waals surface area contributed by atoms with Gasteiger partial charge in [-0.05, 0) is 55.0 Å². The fourth-order valence-electron chi connectivity index (χ4n) is 4.47. The maximum Gasteiger partial charge on any atom is 0.321 e. The third kappa shape index (κ3) is 6.43. The first-order valence-electron chi connectivity index (χ1n) is 12.6. The minimum atomic E-state index is -0.177. The molecule has 1 aliphatic heterocycles. The van der Waals surface area contributed by atoms with E-state index in [1.54, 1.807) is 29.3 Å². The van der Waals surface area contributed by atoms with Crippen molar-refractivity contribution in [2.45, 2.75) is 25.9 Å². The van der Waals surface area contributed by atoms with E-state index in [0.29, 0.717) is 34.6 Å². The molecule has 0 saturated carbocycles. The second-order valence-corrected chi connectivity index (χ2v) is 10.5. The van der Waals surface area contributed by atoms with E-state index in [0.717, 1.165) is 46.6 Å². The molecule has 202 valence electrons. The Kier molecular flexibility index (Phi) is 7.90. The van der Waals surface area contributed by atoms with Gasteiger partial charge in [-0.25, -0.2) is 19.7 Å². The van der Waals surface area contributed by atoms with E-state index in [-0.39, 0.29) is 12.1 Å². The number of pyridine rings is 1. The van der Waals surface area contributed by atoms with Crippen LogP contribution in [0.4, 0.5) is 27.8 Å². The van der Waals surface area contributed by atoms with E-state index in [2.05, 4.69) is 25.6 Å². The number of ether oxygens (including phenoxy) is 1. The van der Waals surface area contributed by atoms with E-state index in [4.69, 9.17) is 27.9 Å². The molecule has 0 bridgehead atoms. The molecule has 1 saturated heterocycles. The van der Waals surface area contributed by atoms with Crippen LogP contribution in [-0.4, -0.2) is 59.2 Å². The van der Waals surface area contributed by atoms with Gasteiger partial charge in [0.1, 0.15) is 29.8 Å². The molecule has 0 radical (unpaired) electrons. The normalized spacial score (nSPS) is 13.8. The molecule has 2 amide bonds. The smallest absolute Gasteiger partial charge is 0.321 e. The van der Waals surface area contributed by atoms with Gasteiger partial charge in [0.25, 0.3) is 0 Å². The fourth-order valence-corrected chi connectivity index (χ4v) is 5.00. The zero-order chi connectivity index (χ0) is 27.5. The number of aromatic nitrogens is 3. The summed E-state index contributed by atoms with van der Waals surface area (Å²) in [5.41, 5.74) is 3.25. The number of likely N-dealkylation sites (tertiary alicyclic amines) is 1. The summed E-state index contributed by atoms with van der Waals surface area (Å²) in [6, 6.07) is 12.8. The lowest BCUT2D eigenvalue weighted by Crippen LogP contribution is -2.43. The molecule has 2 aromatic heterocycles. The number of hydrogen-bond acceptors (Lipinski definition) is 7. The Bertz CT molecular complexity index is 1490. The Balaban J connectivity index is 1.19. The average Bonchev–Trinajstić information content (AvgIpc) is 2.90. The number of rotatable bonds is 6. The van der Waals surface area contributed by atoms with Gasteiger partial charge in [0.05, 0.1) is 11.7 Å². The standard InChI is InChI=1S/C28H29Cl2N7O2/c1-17-10-20(34-27-23-14-26(36(2)3)31-15-24(23)32-16-33-27)4-5-25(17)39-22-6-8-37(9-7-22)28(38)35-21-12-18(29)11-19(30)13-21/h4-5,10-16,22H,6-9H2,1-3H3,(H,35,38)(H,32,33,34). The Labute approximate surface area is 237 Å². The molecule has 0 spiro atoms. The number of nitrogens with one attached hydrogen (secondary N) is 2. The molecule has 2 aromatic carbocycles. The minimum Gasteiger partial charge on any atom is -0.490 e. The van der Waals surface area contributed by atoms with Gasteiger partial charge in [-0.15, -0.1) is 0 Å². The highest BCUT2D eigenvalue weighted by Crippen LogP contribution is 2.30. The molecular formula is C28H29Cl2N7O2. The van der Waals surface area contributed by atoms with Gasteiger partial charge in [0.15, 0.2) is 0 Å². The Morgan fingerprint density at radius 2 is 1.74 bits per heavy atom. The molecular weight excluding hydrogens is 537 g/mol. The number of fused-ring (bicyclic) bond motifs is 1. The van der Waals surface area contributed by atoms with E-state index in [1.807, 2.05) is 50.2 Å². The number of urea groups is 1. The van der Waals surface area contributed by atoms with Gasteiger partial charge in [0, 0.05) is 66.8 Å². The molecule has 1 fully saturated rings. The van der Waals surface area contributed by atoms with Crippen molar-refractivity contribution in [3.63, 3.8) is 0 Å². The lowest BCUT2D eigenvalue weighted by atomic mass is 10.1. The zero-order valence-corrected chi connectivity index (χ0v) is 23.4. The summed E-state index contributed by atoms with van der Waals surface area (Å²) in [5.74, 6) is 2.37. The molecule has 39 heavy (non-hydrogen) atoms.